The fraction of sp³-hybridized carbons (Fsp3) is 0.367. The van der Waals surface area contributed by atoms with Crippen molar-refractivity contribution < 1.29 is 19.5 Å². The van der Waals surface area contributed by atoms with Gasteiger partial charge >= 0.3 is 5.97 Å². The van der Waals surface area contributed by atoms with Gasteiger partial charge in [0.25, 0.3) is 5.89 Å². The number of carboxylic acid groups (broad SMARTS) is 1. The van der Waals surface area contributed by atoms with Crippen molar-refractivity contribution in [2.45, 2.75) is 46.1 Å². The van der Waals surface area contributed by atoms with Crippen molar-refractivity contribution >= 4 is 17.3 Å². The third-order valence-corrected chi connectivity index (χ3v) is 8.24. The molecule has 0 radical (unpaired) electrons. The van der Waals surface area contributed by atoms with Crippen LogP contribution in [0.4, 0.5) is 0 Å². The molecule has 38 heavy (non-hydrogen) atoms. The summed E-state index contributed by atoms with van der Waals surface area (Å²) in [5, 5.41) is 26.5. The van der Waals surface area contributed by atoms with Crippen molar-refractivity contribution in [3.05, 3.63) is 76.0 Å². The maximum absolute atomic E-state index is 12.2. The molecule has 1 aliphatic heterocycles. The average molecular weight is 532 g/mol. The number of hydrogen-bond donors (Lipinski definition) is 2. The Morgan fingerprint density at radius 3 is 2.47 bits per heavy atom. The van der Waals surface area contributed by atoms with E-state index in [0.29, 0.717) is 42.5 Å². The molecule has 2 aromatic carbocycles. The average Bonchev–Trinajstić information content (AvgIpc) is 3.59. The van der Waals surface area contributed by atoms with Gasteiger partial charge in [-0.1, -0.05) is 55.4 Å². The first-order chi connectivity index (χ1) is 18.3. The minimum Gasteiger partial charge on any atom is -0.508 e. The van der Waals surface area contributed by atoms with Crippen LogP contribution < -0.4 is 0 Å². The Bertz CT molecular complexity index is 1370. The molecule has 3 heterocycles. The number of aliphatic carboxylic acids is 1. The van der Waals surface area contributed by atoms with E-state index in [-0.39, 0.29) is 5.75 Å². The predicted octanol–water partition coefficient (Wildman–Crippen LogP) is 6.28. The summed E-state index contributed by atoms with van der Waals surface area (Å²) < 4.78 is 5.48. The Hall–Kier alpha value is -3.49. The zero-order valence-electron chi connectivity index (χ0n) is 21.8. The molecule has 2 N–H and O–H groups in total. The van der Waals surface area contributed by atoms with Gasteiger partial charge in [-0.2, -0.15) is 4.98 Å². The number of phenols is 1. The molecule has 1 aliphatic rings. The summed E-state index contributed by atoms with van der Waals surface area (Å²) in [7, 11) is 0. The number of phenolic OH excluding ortho intramolecular Hbond substituents is 1. The van der Waals surface area contributed by atoms with Gasteiger partial charge in [0.2, 0.25) is 5.82 Å². The molecule has 1 saturated heterocycles. The second kappa shape index (κ2) is 11.1. The molecule has 5 rings (SSSR count). The molecule has 0 unspecified atom stereocenters. The van der Waals surface area contributed by atoms with E-state index in [2.05, 4.69) is 41.0 Å². The Balaban J connectivity index is 1.20. The van der Waals surface area contributed by atoms with E-state index in [0.717, 1.165) is 47.6 Å². The summed E-state index contributed by atoms with van der Waals surface area (Å²) in [5.41, 5.74) is 2.93. The number of thiophene rings is 1. The standard InChI is InChI=1S/C30H33N3O4S/c1-20(2)16-23-9-10-24(17-26(23)34)28-31-27(32-37-28)22-7-5-21(6-8-22)19-33-13-11-30(12-14-33,29(35)36)18-25-4-3-15-38-25/h3-10,15,17,20,34H,11-14,16,18-19H2,1-2H3,(H,35,36). The monoisotopic (exact) mass is 531 g/mol. The van der Waals surface area contributed by atoms with Crippen LogP contribution in [0.5, 0.6) is 5.75 Å². The summed E-state index contributed by atoms with van der Waals surface area (Å²) in [6.07, 6.45) is 2.72. The SMILES string of the molecule is CC(C)Cc1ccc(-c2nc(-c3ccc(CN4CCC(Cc5cccs5)(C(=O)O)CC4)cc3)no2)cc1O. The zero-order valence-corrected chi connectivity index (χ0v) is 22.6. The number of rotatable bonds is 9. The van der Waals surface area contributed by atoms with E-state index in [1.807, 2.05) is 41.8 Å². The Labute approximate surface area is 226 Å². The van der Waals surface area contributed by atoms with Crippen LogP contribution in [-0.2, 0) is 24.2 Å². The van der Waals surface area contributed by atoms with E-state index < -0.39 is 11.4 Å². The van der Waals surface area contributed by atoms with E-state index in [1.54, 1.807) is 17.4 Å². The van der Waals surface area contributed by atoms with Crippen LogP contribution in [0.25, 0.3) is 22.8 Å². The molecule has 198 valence electrons. The molecule has 0 amide bonds. The van der Waals surface area contributed by atoms with Crippen LogP contribution in [-0.4, -0.2) is 44.3 Å². The molecule has 8 heteroatoms. The number of carbonyl (C=O) groups is 1. The molecular weight excluding hydrogens is 498 g/mol. The van der Waals surface area contributed by atoms with Gasteiger partial charge in [-0.05, 0) is 79.4 Å². The van der Waals surface area contributed by atoms with Crippen molar-refractivity contribution in [1.82, 2.24) is 15.0 Å². The largest absolute Gasteiger partial charge is 0.508 e. The quantitative estimate of drug-likeness (QED) is 0.262. The fourth-order valence-electron chi connectivity index (χ4n) is 5.14. The number of piperidine rings is 1. The smallest absolute Gasteiger partial charge is 0.310 e. The maximum Gasteiger partial charge on any atom is 0.310 e. The highest BCUT2D eigenvalue weighted by atomic mass is 32.1. The van der Waals surface area contributed by atoms with E-state index in [9.17, 15) is 15.0 Å². The van der Waals surface area contributed by atoms with Gasteiger partial charge in [0.15, 0.2) is 0 Å². The maximum atomic E-state index is 12.2. The minimum absolute atomic E-state index is 0.241. The number of benzene rings is 2. The molecule has 2 aromatic heterocycles. The summed E-state index contributed by atoms with van der Waals surface area (Å²) >= 11 is 1.63. The Morgan fingerprint density at radius 2 is 1.84 bits per heavy atom. The second-order valence-corrected chi connectivity index (χ2v) is 11.7. The van der Waals surface area contributed by atoms with Crippen LogP contribution in [0.15, 0.2) is 64.5 Å². The number of likely N-dealkylation sites (tertiary alicyclic amines) is 1. The van der Waals surface area contributed by atoms with Crippen LogP contribution >= 0.6 is 11.3 Å². The third kappa shape index (κ3) is 5.81. The Morgan fingerprint density at radius 1 is 1.11 bits per heavy atom. The number of aromatic hydroxyl groups is 1. The lowest BCUT2D eigenvalue weighted by Crippen LogP contribution is -2.45. The van der Waals surface area contributed by atoms with Gasteiger partial charge in [-0.25, -0.2) is 0 Å². The molecule has 0 aliphatic carbocycles. The number of aromatic nitrogens is 2. The van der Waals surface area contributed by atoms with Crippen molar-refractivity contribution in [3.63, 3.8) is 0 Å². The summed E-state index contributed by atoms with van der Waals surface area (Å²) in [6, 6.07) is 17.6. The summed E-state index contributed by atoms with van der Waals surface area (Å²) in [5.74, 6) is 0.874. The van der Waals surface area contributed by atoms with Gasteiger partial charge in [0.05, 0.1) is 5.41 Å². The zero-order chi connectivity index (χ0) is 26.7. The van der Waals surface area contributed by atoms with Crippen molar-refractivity contribution in [1.29, 1.82) is 0 Å². The second-order valence-electron chi connectivity index (χ2n) is 10.7. The van der Waals surface area contributed by atoms with Gasteiger partial charge in [-0.15, -0.1) is 11.3 Å². The van der Waals surface area contributed by atoms with Gasteiger partial charge < -0.3 is 14.7 Å². The highest BCUT2D eigenvalue weighted by Crippen LogP contribution is 2.37. The van der Waals surface area contributed by atoms with E-state index in [1.165, 1.54) is 0 Å². The lowest BCUT2D eigenvalue weighted by atomic mass is 9.75. The third-order valence-electron chi connectivity index (χ3n) is 7.36. The van der Waals surface area contributed by atoms with Crippen molar-refractivity contribution in [3.8, 4) is 28.6 Å². The Kier molecular flexibility index (Phi) is 7.63. The van der Waals surface area contributed by atoms with Crippen LogP contribution in [0.1, 0.15) is 42.7 Å². The normalized spacial score (nSPS) is 15.7. The van der Waals surface area contributed by atoms with E-state index >= 15 is 0 Å². The molecular formula is C30H33N3O4S. The fourth-order valence-corrected chi connectivity index (χ4v) is 5.99. The summed E-state index contributed by atoms with van der Waals surface area (Å²) in [4.78, 5) is 20.2. The summed E-state index contributed by atoms with van der Waals surface area (Å²) in [6.45, 7) is 6.53. The highest BCUT2D eigenvalue weighted by Gasteiger charge is 2.41. The van der Waals surface area contributed by atoms with E-state index in [4.69, 9.17) is 4.52 Å². The highest BCUT2D eigenvalue weighted by molar-refractivity contribution is 7.09. The van der Waals surface area contributed by atoms with Gasteiger partial charge in [-0.3, -0.25) is 9.69 Å². The molecule has 4 aromatic rings. The molecule has 0 saturated carbocycles. The molecule has 0 bridgehead atoms. The minimum atomic E-state index is -0.684. The molecule has 1 fully saturated rings. The van der Waals surface area contributed by atoms with Gasteiger partial charge in [0.1, 0.15) is 5.75 Å². The number of hydrogen-bond acceptors (Lipinski definition) is 7. The molecule has 0 spiro atoms. The predicted molar refractivity (Wildman–Crippen MR) is 148 cm³/mol. The first-order valence-electron chi connectivity index (χ1n) is 13.0. The first kappa shape index (κ1) is 26.1. The lowest BCUT2D eigenvalue weighted by Gasteiger charge is -2.38. The lowest BCUT2D eigenvalue weighted by molar-refractivity contribution is -0.152. The van der Waals surface area contributed by atoms with Gasteiger partial charge in [0, 0.05) is 22.5 Å². The van der Waals surface area contributed by atoms with Crippen LogP contribution in [0.2, 0.25) is 0 Å². The number of nitrogens with zero attached hydrogens (tertiary/aromatic N) is 3. The number of carboxylic acids is 1. The first-order valence-corrected chi connectivity index (χ1v) is 13.9. The molecule has 7 nitrogen and oxygen atoms in total. The van der Waals surface area contributed by atoms with Crippen molar-refractivity contribution in [2.24, 2.45) is 11.3 Å². The van der Waals surface area contributed by atoms with Crippen LogP contribution in [0, 0.1) is 11.3 Å². The topological polar surface area (TPSA) is 99.7 Å². The van der Waals surface area contributed by atoms with Crippen molar-refractivity contribution in [2.75, 3.05) is 13.1 Å². The van der Waals surface area contributed by atoms with Crippen LogP contribution in [0.3, 0.4) is 0 Å². The molecule has 0 atom stereocenters.